The Morgan fingerprint density at radius 1 is 1.12 bits per heavy atom. The second-order valence-electron chi connectivity index (χ2n) is 6.02. The van der Waals surface area contributed by atoms with E-state index in [9.17, 15) is 13.6 Å². The average Bonchev–Trinajstić information content (AvgIpc) is 2.85. The van der Waals surface area contributed by atoms with Gasteiger partial charge in [-0.2, -0.15) is 11.8 Å². The summed E-state index contributed by atoms with van der Waals surface area (Å²) in [5, 5.41) is 2.69. The summed E-state index contributed by atoms with van der Waals surface area (Å²) in [5.41, 5.74) is 2.14. The minimum absolute atomic E-state index is 0.323. The highest BCUT2D eigenvalue weighted by Gasteiger charge is 2.24. The molecule has 0 saturated carbocycles. The van der Waals surface area contributed by atoms with Crippen molar-refractivity contribution in [2.75, 3.05) is 24.2 Å². The van der Waals surface area contributed by atoms with Crippen molar-refractivity contribution in [3.05, 3.63) is 65.2 Å². The number of halogens is 2. The smallest absolute Gasteiger partial charge is 0.322 e. The molecule has 1 aliphatic rings. The molecule has 3 nitrogen and oxygen atoms in total. The third-order valence-corrected chi connectivity index (χ3v) is 5.67. The third kappa shape index (κ3) is 4.12. The first kappa shape index (κ1) is 17.7. The lowest BCUT2D eigenvalue weighted by Gasteiger charge is -2.21. The molecular weight excluding hydrogens is 342 g/mol. The van der Waals surface area contributed by atoms with Gasteiger partial charge in [0.05, 0.1) is 0 Å². The van der Waals surface area contributed by atoms with E-state index < -0.39 is 17.7 Å². The van der Waals surface area contributed by atoms with Gasteiger partial charge >= 0.3 is 6.03 Å². The number of rotatable bonds is 2. The standard InChI is InChI=1S/C19H20F2N2OS/c1-13-5-2-3-6-14(13)17-9-10-23(11-12-25-17)19(24)22-18-15(20)7-4-8-16(18)21/h2-8,17H,9-12H2,1H3,(H,22,24). The van der Waals surface area contributed by atoms with Crippen LogP contribution in [0.5, 0.6) is 0 Å². The largest absolute Gasteiger partial charge is 0.324 e. The van der Waals surface area contributed by atoms with Gasteiger partial charge in [0.1, 0.15) is 17.3 Å². The first-order chi connectivity index (χ1) is 12.1. The molecule has 1 atom stereocenters. The molecule has 0 bridgehead atoms. The van der Waals surface area contributed by atoms with Gasteiger partial charge in [-0.15, -0.1) is 0 Å². The molecule has 25 heavy (non-hydrogen) atoms. The van der Waals surface area contributed by atoms with Crippen molar-refractivity contribution in [1.29, 1.82) is 0 Å². The van der Waals surface area contributed by atoms with Crippen LogP contribution in [0.2, 0.25) is 0 Å². The van der Waals surface area contributed by atoms with Gasteiger partial charge in [-0.3, -0.25) is 0 Å². The highest BCUT2D eigenvalue weighted by atomic mass is 32.2. The number of thioether (sulfide) groups is 1. The van der Waals surface area contributed by atoms with Crippen molar-refractivity contribution in [2.45, 2.75) is 18.6 Å². The second-order valence-corrected chi connectivity index (χ2v) is 7.33. The van der Waals surface area contributed by atoms with Crippen molar-refractivity contribution in [3.63, 3.8) is 0 Å². The predicted octanol–water partition coefficient (Wildman–Crippen LogP) is 4.99. The quantitative estimate of drug-likeness (QED) is 0.817. The number of anilines is 1. The highest BCUT2D eigenvalue weighted by molar-refractivity contribution is 7.99. The van der Waals surface area contributed by atoms with Crippen LogP contribution in [0.4, 0.5) is 19.3 Å². The van der Waals surface area contributed by atoms with E-state index >= 15 is 0 Å². The lowest BCUT2D eigenvalue weighted by Crippen LogP contribution is -2.37. The van der Waals surface area contributed by atoms with Gasteiger partial charge in [0.2, 0.25) is 0 Å². The Morgan fingerprint density at radius 3 is 2.56 bits per heavy atom. The average molecular weight is 362 g/mol. The van der Waals surface area contributed by atoms with Gasteiger partial charge in [0.25, 0.3) is 0 Å². The molecule has 1 N–H and O–H groups in total. The molecule has 1 unspecified atom stereocenters. The van der Waals surface area contributed by atoms with Gasteiger partial charge in [0.15, 0.2) is 0 Å². The SMILES string of the molecule is Cc1ccccc1C1CCN(C(=O)Nc2c(F)cccc2F)CCS1. The topological polar surface area (TPSA) is 32.3 Å². The molecule has 0 aliphatic carbocycles. The summed E-state index contributed by atoms with van der Waals surface area (Å²) >= 11 is 1.82. The number of nitrogens with one attached hydrogen (secondary N) is 1. The number of aryl methyl sites for hydroxylation is 1. The zero-order chi connectivity index (χ0) is 17.8. The lowest BCUT2D eigenvalue weighted by molar-refractivity contribution is 0.215. The molecular formula is C19H20F2N2OS. The van der Waals surface area contributed by atoms with Crippen LogP contribution in [0.15, 0.2) is 42.5 Å². The summed E-state index contributed by atoms with van der Waals surface area (Å²) in [6, 6.07) is 11.3. The van der Waals surface area contributed by atoms with Crippen LogP contribution in [0.25, 0.3) is 0 Å². The fraction of sp³-hybridized carbons (Fsp3) is 0.316. The summed E-state index contributed by atoms with van der Waals surface area (Å²) in [4.78, 5) is 14.0. The summed E-state index contributed by atoms with van der Waals surface area (Å²) in [5.74, 6) is -0.753. The third-order valence-electron chi connectivity index (χ3n) is 4.36. The maximum Gasteiger partial charge on any atom is 0.322 e. The monoisotopic (exact) mass is 362 g/mol. The number of para-hydroxylation sites is 1. The number of carbonyl (C=O) groups is 1. The number of nitrogens with zero attached hydrogens (tertiary/aromatic N) is 1. The molecule has 6 heteroatoms. The van der Waals surface area contributed by atoms with E-state index in [4.69, 9.17) is 0 Å². The Morgan fingerprint density at radius 2 is 1.84 bits per heavy atom. The van der Waals surface area contributed by atoms with Gasteiger partial charge in [0, 0.05) is 24.1 Å². The molecule has 2 amide bonds. The van der Waals surface area contributed by atoms with Gasteiger partial charge in [-0.25, -0.2) is 13.6 Å². The van der Waals surface area contributed by atoms with E-state index in [1.807, 2.05) is 23.9 Å². The Hall–Kier alpha value is -2.08. The van der Waals surface area contributed by atoms with Crippen LogP contribution in [-0.2, 0) is 0 Å². The molecule has 2 aromatic carbocycles. The van der Waals surface area contributed by atoms with Crippen LogP contribution in [0.1, 0.15) is 22.8 Å². The zero-order valence-electron chi connectivity index (χ0n) is 14.0. The van der Waals surface area contributed by atoms with Crippen LogP contribution in [-0.4, -0.2) is 29.8 Å². The summed E-state index contributed by atoms with van der Waals surface area (Å²) in [6.07, 6.45) is 0.808. The second kappa shape index (κ2) is 7.87. The summed E-state index contributed by atoms with van der Waals surface area (Å²) < 4.78 is 27.4. The van der Waals surface area contributed by atoms with E-state index in [2.05, 4.69) is 24.4 Å². The van der Waals surface area contributed by atoms with E-state index in [-0.39, 0.29) is 5.69 Å². The summed E-state index contributed by atoms with van der Waals surface area (Å²) in [6.45, 7) is 3.19. The molecule has 0 aromatic heterocycles. The van der Waals surface area contributed by atoms with Gasteiger partial charge in [-0.05, 0) is 36.6 Å². The number of hydrogen-bond donors (Lipinski definition) is 1. The van der Waals surface area contributed by atoms with Crippen molar-refractivity contribution < 1.29 is 13.6 Å². The maximum absolute atomic E-state index is 13.7. The Balaban J connectivity index is 1.67. The molecule has 3 rings (SSSR count). The molecule has 0 radical (unpaired) electrons. The number of carbonyl (C=O) groups excluding carboxylic acids is 1. The lowest BCUT2D eigenvalue weighted by atomic mass is 10.0. The van der Waals surface area contributed by atoms with Gasteiger partial charge in [-0.1, -0.05) is 30.3 Å². The van der Waals surface area contributed by atoms with Crippen molar-refractivity contribution in [2.24, 2.45) is 0 Å². The molecule has 132 valence electrons. The number of hydrogen-bond acceptors (Lipinski definition) is 2. The predicted molar refractivity (Wildman–Crippen MR) is 97.9 cm³/mol. The highest BCUT2D eigenvalue weighted by Crippen LogP contribution is 2.36. The molecule has 1 fully saturated rings. The van der Waals surface area contributed by atoms with E-state index in [0.717, 1.165) is 24.3 Å². The molecule has 0 spiro atoms. The Kier molecular flexibility index (Phi) is 5.58. The Bertz CT molecular complexity index is 749. The molecule has 1 aliphatic heterocycles. The Labute approximate surface area is 150 Å². The van der Waals surface area contributed by atoms with Crippen LogP contribution >= 0.6 is 11.8 Å². The molecule has 1 saturated heterocycles. The van der Waals surface area contributed by atoms with Crippen molar-refractivity contribution in [3.8, 4) is 0 Å². The molecule has 2 aromatic rings. The number of amides is 2. The normalized spacial score (nSPS) is 17.9. The number of urea groups is 1. The van der Waals surface area contributed by atoms with E-state index in [1.165, 1.54) is 17.2 Å². The van der Waals surface area contributed by atoms with Gasteiger partial charge < -0.3 is 10.2 Å². The van der Waals surface area contributed by atoms with Crippen LogP contribution in [0.3, 0.4) is 0 Å². The maximum atomic E-state index is 13.7. The fourth-order valence-electron chi connectivity index (χ4n) is 2.97. The first-order valence-electron chi connectivity index (χ1n) is 8.23. The fourth-order valence-corrected chi connectivity index (χ4v) is 4.30. The summed E-state index contributed by atoms with van der Waals surface area (Å²) in [7, 11) is 0. The minimum atomic E-state index is -0.768. The first-order valence-corrected chi connectivity index (χ1v) is 9.28. The van der Waals surface area contributed by atoms with Crippen LogP contribution < -0.4 is 5.32 Å². The van der Waals surface area contributed by atoms with E-state index in [1.54, 1.807) is 4.90 Å². The van der Waals surface area contributed by atoms with Crippen molar-refractivity contribution >= 4 is 23.5 Å². The van der Waals surface area contributed by atoms with Crippen LogP contribution in [0, 0.1) is 18.6 Å². The molecule has 1 heterocycles. The zero-order valence-corrected chi connectivity index (χ0v) is 14.8. The van der Waals surface area contributed by atoms with Crippen molar-refractivity contribution in [1.82, 2.24) is 4.90 Å². The number of benzene rings is 2. The van der Waals surface area contributed by atoms with E-state index in [0.29, 0.717) is 18.3 Å². The minimum Gasteiger partial charge on any atom is -0.324 e.